The van der Waals surface area contributed by atoms with Gasteiger partial charge in [-0.05, 0) is 42.7 Å². The summed E-state index contributed by atoms with van der Waals surface area (Å²) in [7, 11) is 0. The zero-order valence-electron chi connectivity index (χ0n) is 10.7. The third-order valence-corrected chi connectivity index (χ3v) is 4.33. The average molecular weight is 216 g/mol. The quantitative estimate of drug-likeness (QED) is 0.683. The van der Waals surface area contributed by atoms with Crippen LogP contribution in [0, 0.1) is 18.8 Å². The Bertz CT molecular complexity index is 327. The van der Waals surface area contributed by atoms with Crippen LogP contribution < -0.4 is 0 Å². The van der Waals surface area contributed by atoms with Gasteiger partial charge in [-0.1, -0.05) is 56.9 Å². The first kappa shape index (κ1) is 11.7. The molecular formula is C16H24. The van der Waals surface area contributed by atoms with Crippen LogP contribution in [0.25, 0.3) is 0 Å². The van der Waals surface area contributed by atoms with Crippen LogP contribution >= 0.6 is 0 Å². The molecule has 0 heterocycles. The normalized spacial score (nSPS) is 25.6. The van der Waals surface area contributed by atoms with Gasteiger partial charge in [0.15, 0.2) is 0 Å². The maximum Gasteiger partial charge on any atom is -0.0274 e. The smallest absolute Gasteiger partial charge is 0.0274 e. The van der Waals surface area contributed by atoms with Crippen molar-refractivity contribution < 1.29 is 0 Å². The van der Waals surface area contributed by atoms with Crippen LogP contribution in [0.1, 0.15) is 50.2 Å². The van der Waals surface area contributed by atoms with Gasteiger partial charge in [0.2, 0.25) is 0 Å². The van der Waals surface area contributed by atoms with E-state index >= 15 is 0 Å². The number of rotatable bonds is 3. The maximum atomic E-state index is 2.45. The van der Waals surface area contributed by atoms with Gasteiger partial charge in [-0.3, -0.25) is 0 Å². The summed E-state index contributed by atoms with van der Waals surface area (Å²) in [6, 6.07) is 8.84. The minimum Gasteiger partial charge on any atom is -0.0622 e. The van der Waals surface area contributed by atoms with Gasteiger partial charge >= 0.3 is 0 Å². The predicted octanol–water partition coefficient (Wildman–Crippen LogP) is 4.75. The Morgan fingerprint density at radius 3 is 2.62 bits per heavy atom. The van der Waals surface area contributed by atoms with E-state index in [-0.39, 0.29) is 0 Å². The number of aryl methyl sites for hydroxylation is 2. The van der Waals surface area contributed by atoms with Crippen molar-refractivity contribution in [3.63, 3.8) is 0 Å². The van der Waals surface area contributed by atoms with E-state index in [2.05, 4.69) is 38.1 Å². The monoisotopic (exact) mass is 216 g/mol. The van der Waals surface area contributed by atoms with Crippen LogP contribution in [0.3, 0.4) is 0 Å². The molecule has 2 rings (SSSR count). The highest BCUT2D eigenvalue weighted by Crippen LogP contribution is 2.32. The van der Waals surface area contributed by atoms with Crippen LogP contribution in [0.5, 0.6) is 0 Å². The number of hydrogen-bond acceptors (Lipinski definition) is 0. The Kier molecular flexibility index (Phi) is 4.04. The molecule has 1 fully saturated rings. The first-order valence-electron chi connectivity index (χ1n) is 6.82. The topological polar surface area (TPSA) is 0 Å². The highest BCUT2D eigenvalue weighted by atomic mass is 14.3. The highest BCUT2D eigenvalue weighted by molar-refractivity contribution is 5.25. The molecule has 0 nitrogen and oxygen atoms in total. The molecule has 0 N–H and O–H groups in total. The third-order valence-electron chi connectivity index (χ3n) is 4.33. The van der Waals surface area contributed by atoms with E-state index in [1.165, 1.54) is 44.1 Å². The van der Waals surface area contributed by atoms with Gasteiger partial charge < -0.3 is 0 Å². The van der Waals surface area contributed by atoms with E-state index in [0.717, 1.165) is 11.8 Å². The molecule has 1 saturated carbocycles. The standard InChI is InChI=1S/C16H24/c1-13-7-3-5-9-15(13)11-12-16-10-6-4-8-14(16)2/h3,5,7,9,14,16H,4,6,8,10-12H2,1-2H3. The molecule has 88 valence electrons. The first-order chi connectivity index (χ1) is 7.77. The Morgan fingerprint density at radius 1 is 1.12 bits per heavy atom. The average Bonchev–Trinajstić information content (AvgIpc) is 2.30. The second-order valence-corrected chi connectivity index (χ2v) is 5.49. The molecule has 0 radical (unpaired) electrons. The predicted molar refractivity (Wildman–Crippen MR) is 70.6 cm³/mol. The SMILES string of the molecule is Cc1ccccc1CCC1CCCCC1C. The van der Waals surface area contributed by atoms with Crippen molar-refractivity contribution in [2.45, 2.75) is 52.4 Å². The summed E-state index contributed by atoms with van der Waals surface area (Å²) in [5.74, 6) is 1.94. The third kappa shape index (κ3) is 2.87. The second-order valence-electron chi connectivity index (χ2n) is 5.49. The molecule has 0 spiro atoms. The fourth-order valence-electron chi connectivity index (χ4n) is 3.05. The summed E-state index contributed by atoms with van der Waals surface area (Å²) >= 11 is 0. The Hall–Kier alpha value is -0.780. The molecule has 1 aromatic rings. The van der Waals surface area contributed by atoms with Crippen LogP contribution in [-0.2, 0) is 6.42 Å². The van der Waals surface area contributed by atoms with Crippen molar-refractivity contribution in [1.82, 2.24) is 0 Å². The van der Waals surface area contributed by atoms with Crippen molar-refractivity contribution in [2.75, 3.05) is 0 Å². The lowest BCUT2D eigenvalue weighted by Crippen LogP contribution is -2.17. The van der Waals surface area contributed by atoms with Gasteiger partial charge in [-0.2, -0.15) is 0 Å². The minimum absolute atomic E-state index is 0.956. The van der Waals surface area contributed by atoms with E-state index in [0.29, 0.717) is 0 Å². The maximum absolute atomic E-state index is 2.45. The van der Waals surface area contributed by atoms with Gasteiger partial charge in [0.1, 0.15) is 0 Å². The lowest BCUT2D eigenvalue weighted by Gasteiger charge is -2.28. The highest BCUT2D eigenvalue weighted by Gasteiger charge is 2.20. The van der Waals surface area contributed by atoms with Gasteiger partial charge in [0.05, 0.1) is 0 Å². The molecule has 0 bridgehead atoms. The molecular weight excluding hydrogens is 192 g/mol. The van der Waals surface area contributed by atoms with E-state index in [9.17, 15) is 0 Å². The van der Waals surface area contributed by atoms with E-state index in [1.807, 2.05) is 0 Å². The van der Waals surface area contributed by atoms with Gasteiger partial charge in [-0.25, -0.2) is 0 Å². The molecule has 1 aromatic carbocycles. The van der Waals surface area contributed by atoms with Crippen molar-refractivity contribution in [3.05, 3.63) is 35.4 Å². The Balaban J connectivity index is 1.89. The molecule has 2 unspecified atom stereocenters. The molecule has 0 heteroatoms. The molecule has 0 saturated heterocycles. The van der Waals surface area contributed by atoms with Crippen LogP contribution in [-0.4, -0.2) is 0 Å². The van der Waals surface area contributed by atoms with Crippen molar-refractivity contribution in [2.24, 2.45) is 11.8 Å². The summed E-state index contributed by atoms with van der Waals surface area (Å²) in [5.41, 5.74) is 3.02. The van der Waals surface area contributed by atoms with Crippen LogP contribution in [0.2, 0.25) is 0 Å². The van der Waals surface area contributed by atoms with E-state index in [1.54, 1.807) is 5.56 Å². The second kappa shape index (κ2) is 5.52. The van der Waals surface area contributed by atoms with E-state index in [4.69, 9.17) is 0 Å². The van der Waals surface area contributed by atoms with Gasteiger partial charge in [0, 0.05) is 0 Å². The summed E-state index contributed by atoms with van der Waals surface area (Å²) in [4.78, 5) is 0. The van der Waals surface area contributed by atoms with Crippen LogP contribution in [0.4, 0.5) is 0 Å². The van der Waals surface area contributed by atoms with Crippen molar-refractivity contribution in [3.8, 4) is 0 Å². The van der Waals surface area contributed by atoms with Crippen LogP contribution in [0.15, 0.2) is 24.3 Å². The Labute approximate surface area is 100 Å². The summed E-state index contributed by atoms with van der Waals surface area (Å²) in [5, 5.41) is 0. The molecule has 1 aliphatic carbocycles. The van der Waals surface area contributed by atoms with Crippen molar-refractivity contribution >= 4 is 0 Å². The number of benzene rings is 1. The largest absolute Gasteiger partial charge is 0.0622 e. The molecule has 16 heavy (non-hydrogen) atoms. The minimum atomic E-state index is 0.956. The Morgan fingerprint density at radius 2 is 1.88 bits per heavy atom. The van der Waals surface area contributed by atoms with Crippen molar-refractivity contribution in [1.29, 1.82) is 0 Å². The van der Waals surface area contributed by atoms with E-state index < -0.39 is 0 Å². The molecule has 1 aliphatic rings. The van der Waals surface area contributed by atoms with Gasteiger partial charge in [-0.15, -0.1) is 0 Å². The summed E-state index contributed by atoms with van der Waals surface area (Å²) < 4.78 is 0. The fourth-order valence-corrected chi connectivity index (χ4v) is 3.05. The summed E-state index contributed by atoms with van der Waals surface area (Å²) in [6.45, 7) is 4.68. The summed E-state index contributed by atoms with van der Waals surface area (Å²) in [6.07, 6.45) is 8.52. The first-order valence-corrected chi connectivity index (χ1v) is 6.82. The molecule has 0 amide bonds. The number of hydrogen-bond donors (Lipinski definition) is 0. The lowest BCUT2D eigenvalue weighted by atomic mass is 9.77. The van der Waals surface area contributed by atoms with Gasteiger partial charge in [0.25, 0.3) is 0 Å². The zero-order chi connectivity index (χ0) is 11.4. The fraction of sp³-hybridized carbons (Fsp3) is 0.625. The zero-order valence-corrected chi connectivity index (χ0v) is 10.7. The molecule has 0 aliphatic heterocycles. The lowest BCUT2D eigenvalue weighted by molar-refractivity contribution is 0.242. The molecule has 2 atom stereocenters. The molecule has 0 aromatic heterocycles.